The molecule has 0 spiro atoms. The van der Waals surface area contributed by atoms with Gasteiger partial charge in [0.05, 0.1) is 12.0 Å². The van der Waals surface area contributed by atoms with Crippen molar-refractivity contribution in [2.75, 3.05) is 20.2 Å². The lowest BCUT2D eigenvalue weighted by molar-refractivity contribution is 0.0995. The van der Waals surface area contributed by atoms with Gasteiger partial charge < -0.3 is 14.9 Å². The molecular formula is C29H36N4O5S. The molecule has 1 saturated carbocycles. The molecule has 10 heteroatoms. The number of likely N-dealkylation sites (tertiary alicyclic amines) is 1. The van der Waals surface area contributed by atoms with E-state index in [1.807, 2.05) is 26.0 Å². The fourth-order valence-electron chi connectivity index (χ4n) is 5.54. The molecule has 2 heterocycles. The summed E-state index contributed by atoms with van der Waals surface area (Å²) in [4.78, 5) is 18.6. The molecular weight excluding hydrogens is 516 g/mol. The molecule has 0 bridgehead atoms. The topological polar surface area (TPSA) is 119 Å². The van der Waals surface area contributed by atoms with E-state index in [4.69, 9.17) is 14.9 Å². The summed E-state index contributed by atoms with van der Waals surface area (Å²) in [7, 11) is -2.22. The summed E-state index contributed by atoms with van der Waals surface area (Å²) in [5.74, 6) is 0.358. The third-order valence-electron chi connectivity index (χ3n) is 7.61. The van der Waals surface area contributed by atoms with Gasteiger partial charge in [0.15, 0.2) is 11.6 Å². The predicted octanol–water partition coefficient (Wildman–Crippen LogP) is 3.94. The van der Waals surface area contributed by atoms with Gasteiger partial charge in [-0.3, -0.25) is 9.69 Å². The fourth-order valence-corrected chi connectivity index (χ4v) is 7.60. The van der Waals surface area contributed by atoms with Crippen molar-refractivity contribution in [3.63, 3.8) is 0 Å². The van der Waals surface area contributed by atoms with Crippen LogP contribution in [0.15, 0.2) is 45.9 Å². The van der Waals surface area contributed by atoms with Crippen LogP contribution in [0.1, 0.15) is 69.9 Å². The number of hydrogen-bond donors (Lipinski definition) is 1. The molecule has 1 aliphatic carbocycles. The number of hydrogen-bond acceptors (Lipinski definition) is 7. The number of methoxy groups -OCH3 is 1. The van der Waals surface area contributed by atoms with Gasteiger partial charge in [-0.2, -0.15) is 4.31 Å². The Balaban J connectivity index is 1.55. The Hall–Kier alpha value is -3.21. The van der Waals surface area contributed by atoms with Crippen LogP contribution < -0.4 is 10.5 Å². The van der Waals surface area contributed by atoms with Gasteiger partial charge in [0, 0.05) is 25.6 Å². The van der Waals surface area contributed by atoms with E-state index in [1.54, 1.807) is 23.5 Å². The summed E-state index contributed by atoms with van der Waals surface area (Å²) < 4.78 is 41.1. The van der Waals surface area contributed by atoms with E-state index in [1.165, 1.54) is 19.1 Å². The average molecular weight is 553 g/mol. The van der Waals surface area contributed by atoms with Crippen molar-refractivity contribution in [1.29, 1.82) is 0 Å². The number of aryl methyl sites for hydroxylation is 2. The van der Waals surface area contributed by atoms with Crippen LogP contribution in [0.5, 0.6) is 5.75 Å². The van der Waals surface area contributed by atoms with E-state index in [-0.39, 0.29) is 18.3 Å². The molecule has 1 aromatic heterocycles. The van der Waals surface area contributed by atoms with Crippen molar-refractivity contribution < 1.29 is 22.4 Å². The number of sulfonamides is 1. The maximum absolute atomic E-state index is 14.3. The van der Waals surface area contributed by atoms with Crippen LogP contribution in [0, 0.1) is 13.8 Å². The Morgan fingerprint density at radius 3 is 2.41 bits per heavy atom. The fraction of sp³-hybridized carbons (Fsp3) is 0.448. The van der Waals surface area contributed by atoms with Gasteiger partial charge in [-0.1, -0.05) is 18.2 Å². The summed E-state index contributed by atoms with van der Waals surface area (Å²) in [5.41, 5.74) is 9.77. The Morgan fingerprint density at radius 1 is 1.15 bits per heavy atom. The highest BCUT2D eigenvalue weighted by atomic mass is 32.2. The van der Waals surface area contributed by atoms with Gasteiger partial charge in [-0.05, 0) is 92.6 Å². The lowest BCUT2D eigenvalue weighted by Gasteiger charge is -2.27. The van der Waals surface area contributed by atoms with Crippen molar-refractivity contribution >= 4 is 15.9 Å². The summed E-state index contributed by atoms with van der Waals surface area (Å²) >= 11 is 0. The number of primary amides is 1. The smallest absolute Gasteiger partial charge is 0.270 e. The number of amides is 1. The Morgan fingerprint density at radius 2 is 1.82 bits per heavy atom. The van der Waals surface area contributed by atoms with E-state index >= 15 is 0 Å². The second-order valence-electron chi connectivity index (χ2n) is 10.6. The molecule has 39 heavy (non-hydrogen) atoms. The quantitative estimate of drug-likeness (QED) is 0.383. The first-order chi connectivity index (χ1) is 18.7. The number of ether oxygens (including phenoxy) is 1. The molecule has 0 unspecified atom stereocenters. The van der Waals surface area contributed by atoms with Gasteiger partial charge >= 0.3 is 0 Å². The van der Waals surface area contributed by atoms with E-state index in [9.17, 15) is 13.2 Å². The molecule has 1 aliphatic heterocycles. The number of carbonyl (C=O) groups excluding carboxylic acids is 1. The molecule has 1 amide bonds. The molecule has 9 nitrogen and oxygen atoms in total. The zero-order valence-electron chi connectivity index (χ0n) is 22.8. The van der Waals surface area contributed by atoms with E-state index < -0.39 is 15.9 Å². The summed E-state index contributed by atoms with van der Waals surface area (Å²) in [6, 6.07) is 9.57. The van der Waals surface area contributed by atoms with Crippen LogP contribution >= 0.6 is 0 Å². The van der Waals surface area contributed by atoms with Crippen molar-refractivity contribution in [2.45, 2.75) is 70.0 Å². The number of nitrogens with two attached hydrogens (primary N) is 1. The van der Waals surface area contributed by atoms with Crippen molar-refractivity contribution in [3.8, 4) is 5.75 Å². The van der Waals surface area contributed by atoms with Gasteiger partial charge in [0.2, 0.25) is 10.0 Å². The van der Waals surface area contributed by atoms with Crippen LogP contribution in [-0.2, 0) is 29.5 Å². The first-order valence-electron chi connectivity index (χ1n) is 13.4. The minimum absolute atomic E-state index is 0.0493. The molecule has 2 aliphatic rings. The van der Waals surface area contributed by atoms with Crippen LogP contribution in [0.3, 0.4) is 0 Å². The predicted molar refractivity (Wildman–Crippen MR) is 147 cm³/mol. The second kappa shape index (κ2) is 11.1. The number of nitrogens with zero attached hydrogens (tertiary/aromatic N) is 3. The molecule has 5 rings (SSSR count). The maximum atomic E-state index is 14.3. The first-order valence-corrected chi connectivity index (χ1v) is 14.8. The highest BCUT2D eigenvalue weighted by Crippen LogP contribution is 2.38. The molecule has 2 N–H and O–H groups in total. The largest absolute Gasteiger partial charge is 0.497 e. The number of carbonyl (C=O) groups is 1. The number of rotatable bonds is 11. The SMILES string of the molecule is COc1cc(C)c(S(=O)(=O)N(Cc2c(Cc3nc(C(N)=O)co3)cccc2CN2CCCC2)C2CC2)c(C)c1. The Labute approximate surface area is 230 Å². The first kappa shape index (κ1) is 27.4. The third kappa shape index (κ3) is 5.88. The number of oxazole rings is 1. The minimum atomic E-state index is -3.80. The summed E-state index contributed by atoms with van der Waals surface area (Å²) in [5, 5.41) is 0. The normalized spacial score (nSPS) is 16.2. The number of benzene rings is 2. The molecule has 3 aromatic rings. The van der Waals surface area contributed by atoms with Crippen LogP contribution in [0.4, 0.5) is 0 Å². The number of aromatic nitrogens is 1. The van der Waals surface area contributed by atoms with Crippen molar-refractivity contribution in [3.05, 3.63) is 76.0 Å². The third-order valence-corrected chi connectivity index (χ3v) is 9.82. The average Bonchev–Trinajstić information content (AvgIpc) is 3.36. The van der Waals surface area contributed by atoms with Crippen molar-refractivity contribution in [2.24, 2.45) is 5.73 Å². The van der Waals surface area contributed by atoms with Crippen LogP contribution in [0.25, 0.3) is 0 Å². The van der Waals surface area contributed by atoms with E-state index in [0.717, 1.165) is 49.2 Å². The molecule has 1 saturated heterocycles. The molecule has 208 valence electrons. The summed E-state index contributed by atoms with van der Waals surface area (Å²) in [6.07, 6.45) is 5.59. The van der Waals surface area contributed by atoms with Gasteiger partial charge in [-0.15, -0.1) is 0 Å². The van der Waals surface area contributed by atoms with Gasteiger partial charge in [0.25, 0.3) is 5.91 Å². The zero-order valence-corrected chi connectivity index (χ0v) is 23.6. The monoisotopic (exact) mass is 552 g/mol. The van der Waals surface area contributed by atoms with E-state index in [2.05, 4.69) is 16.0 Å². The van der Waals surface area contributed by atoms with Crippen LogP contribution in [-0.4, -0.2) is 54.8 Å². The highest BCUT2D eigenvalue weighted by Gasteiger charge is 2.40. The molecule has 0 atom stereocenters. The molecule has 2 aromatic carbocycles. The lowest BCUT2D eigenvalue weighted by atomic mass is 9.98. The Kier molecular flexibility index (Phi) is 7.80. The Bertz CT molecular complexity index is 1450. The maximum Gasteiger partial charge on any atom is 0.270 e. The van der Waals surface area contributed by atoms with Crippen LogP contribution in [0.2, 0.25) is 0 Å². The minimum Gasteiger partial charge on any atom is -0.497 e. The molecule has 0 radical (unpaired) electrons. The van der Waals surface area contributed by atoms with Crippen molar-refractivity contribution in [1.82, 2.24) is 14.2 Å². The lowest BCUT2D eigenvalue weighted by Crippen LogP contribution is -2.34. The second-order valence-corrected chi connectivity index (χ2v) is 12.4. The summed E-state index contributed by atoms with van der Waals surface area (Å²) in [6.45, 7) is 6.69. The van der Waals surface area contributed by atoms with E-state index in [0.29, 0.717) is 34.1 Å². The molecule has 2 fully saturated rings. The van der Waals surface area contributed by atoms with Gasteiger partial charge in [-0.25, -0.2) is 13.4 Å². The zero-order chi connectivity index (χ0) is 27.7. The van der Waals surface area contributed by atoms with Gasteiger partial charge in [0.1, 0.15) is 12.0 Å². The standard InChI is InChI=1S/C29H36N4O5S/c1-19-13-24(37-3)14-20(2)28(19)39(35,36)33(23-9-10-23)17-25-21(15-27-31-26(18-38-27)29(30)34)7-6-8-22(25)16-32-11-4-5-12-32/h6-8,13-14,18,23H,4-5,9-12,15-17H2,1-3H3,(H2,30,34). The highest BCUT2D eigenvalue weighted by molar-refractivity contribution is 7.89.